The molecular formula is C14H30O7. The molecule has 1 aliphatic rings. The van der Waals surface area contributed by atoms with E-state index in [9.17, 15) is 15.3 Å². The molecule has 1 fully saturated rings. The fraction of sp³-hybridized carbons (Fsp3) is 1.00. The fourth-order valence-corrected chi connectivity index (χ4v) is 2.29. The summed E-state index contributed by atoms with van der Waals surface area (Å²) in [5.41, 5.74) is 0. The average Bonchev–Trinajstić information content (AvgIpc) is 2.46. The third-order valence-corrected chi connectivity index (χ3v) is 3.63. The van der Waals surface area contributed by atoms with Gasteiger partial charge in [0.2, 0.25) is 0 Å². The van der Waals surface area contributed by atoms with Crippen LogP contribution < -0.4 is 0 Å². The quantitative estimate of drug-likeness (QED) is 0.418. The number of aliphatic hydroxyl groups excluding tert-OH is 4. The van der Waals surface area contributed by atoms with E-state index in [1.807, 2.05) is 0 Å². The van der Waals surface area contributed by atoms with Crippen molar-refractivity contribution in [2.45, 2.75) is 76.2 Å². The maximum Gasteiger partial charge on any atom is 0.186 e. The zero-order valence-corrected chi connectivity index (χ0v) is 12.6. The first kappa shape index (κ1) is 20.7. The van der Waals surface area contributed by atoms with E-state index in [0.29, 0.717) is 6.61 Å². The van der Waals surface area contributed by atoms with Crippen LogP contribution in [0.4, 0.5) is 0 Å². The lowest BCUT2D eigenvalue weighted by Crippen LogP contribution is -2.59. The molecule has 0 aromatic carbocycles. The molecule has 0 aromatic heterocycles. The predicted molar refractivity (Wildman–Crippen MR) is 76.7 cm³/mol. The van der Waals surface area contributed by atoms with E-state index in [1.54, 1.807) is 0 Å². The van der Waals surface area contributed by atoms with E-state index in [1.165, 1.54) is 19.3 Å². The molecule has 128 valence electrons. The Hall–Kier alpha value is -0.280. The molecule has 0 aliphatic carbocycles. The number of hydrogen-bond acceptors (Lipinski definition) is 6. The molecule has 0 radical (unpaired) electrons. The maximum absolute atomic E-state index is 9.75. The van der Waals surface area contributed by atoms with E-state index >= 15 is 0 Å². The van der Waals surface area contributed by atoms with Gasteiger partial charge in [-0.3, -0.25) is 0 Å². The summed E-state index contributed by atoms with van der Waals surface area (Å²) in [6.45, 7) is 2.17. The Labute approximate surface area is 125 Å². The van der Waals surface area contributed by atoms with E-state index in [-0.39, 0.29) is 5.48 Å². The van der Waals surface area contributed by atoms with Gasteiger partial charge in [0.1, 0.15) is 24.4 Å². The Bertz CT molecular complexity index is 249. The van der Waals surface area contributed by atoms with Crippen LogP contribution in [0.15, 0.2) is 0 Å². The number of rotatable bonds is 9. The molecule has 1 aliphatic heterocycles. The smallest absolute Gasteiger partial charge is 0.186 e. The monoisotopic (exact) mass is 310 g/mol. The highest BCUT2D eigenvalue weighted by molar-refractivity contribution is 4.88. The normalized spacial score (nSPS) is 32.7. The fourth-order valence-electron chi connectivity index (χ4n) is 2.29. The van der Waals surface area contributed by atoms with Crippen LogP contribution in [-0.4, -0.2) is 69.8 Å². The number of hydrogen-bond donors (Lipinski definition) is 4. The predicted octanol–water partition coefficient (Wildman–Crippen LogP) is -0.661. The Kier molecular flexibility index (Phi) is 11.2. The van der Waals surface area contributed by atoms with Gasteiger partial charge in [0.25, 0.3) is 0 Å². The second-order valence-electron chi connectivity index (χ2n) is 5.34. The van der Waals surface area contributed by atoms with Gasteiger partial charge in [0.15, 0.2) is 6.29 Å². The highest BCUT2D eigenvalue weighted by atomic mass is 16.7. The maximum atomic E-state index is 9.75. The van der Waals surface area contributed by atoms with Crippen molar-refractivity contribution in [1.82, 2.24) is 0 Å². The Morgan fingerprint density at radius 1 is 0.905 bits per heavy atom. The second kappa shape index (κ2) is 11.3. The highest BCUT2D eigenvalue weighted by Gasteiger charge is 2.43. The van der Waals surface area contributed by atoms with E-state index in [4.69, 9.17) is 14.6 Å². The van der Waals surface area contributed by atoms with Crippen molar-refractivity contribution in [2.75, 3.05) is 13.2 Å². The van der Waals surface area contributed by atoms with Gasteiger partial charge >= 0.3 is 0 Å². The van der Waals surface area contributed by atoms with Crippen molar-refractivity contribution in [3.63, 3.8) is 0 Å². The van der Waals surface area contributed by atoms with Gasteiger partial charge in [-0.25, -0.2) is 0 Å². The Morgan fingerprint density at radius 3 is 2.14 bits per heavy atom. The molecular weight excluding hydrogens is 280 g/mol. The topological polar surface area (TPSA) is 131 Å². The van der Waals surface area contributed by atoms with Crippen LogP contribution in [0, 0.1) is 0 Å². The summed E-state index contributed by atoms with van der Waals surface area (Å²) >= 11 is 0. The lowest BCUT2D eigenvalue weighted by atomic mass is 9.99. The first-order chi connectivity index (χ1) is 9.61. The van der Waals surface area contributed by atoms with Gasteiger partial charge in [0, 0.05) is 6.61 Å². The molecule has 0 aromatic rings. The van der Waals surface area contributed by atoms with Crippen molar-refractivity contribution in [1.29, 1.82) is 0 Å². The lowest BCUT2D eigenvalue weighted by molar-refractivity contribution is -0.301. The molecule has 1 saturated heterocycles. The minimum absolute atomic E-state index is 0. The first-order valence-electron chi connectivity index (χ1n) is 7.54. The van der Waals surface area contributed by atoms with E-state index in [0.717, 1.165) is 19.3 Å². The molecule has 21 heavy (non-hydrogen) atoms. The molecule has 7 heteroatoms. The lowest BCUT2D eigenvalue weighted by Gasteiger charge is -2.39. The van der Waals surface area contributed by atoms with Gasteiger partial charge in [-0.2, -0.15) is 0 Å². The van der Waals surface area contributed by atoms with Crippen LogP contribution in [0.2, 0.25) is 0 Å². The van der Waals surface area contributed by atoms with Crippen molar-refractivity contribution < 1.29 is 35.4 Å². The van der Waals surface area contributed by atoms with Crippen LogP contribution in [-0.2, 0) is 9.47 Å². The molecule has 5 atom stereocenters. The first-order valence-corrected chi connectivity index (χ1v) is 7.54. The summed E-state index contributed by atoms with van der Waals surface area (Å²) in [4.78, 5) is 0. The van der Waals surface area contributed by atoms with Gasteiger partial charge in [-0.05, 0) is 6.42 Å². The molecule has 0 unspecified atom stereocenters. The zero-order valence-electron chi connectivity index (χ0n) is 12.6. The number of unbranched alkanes of at least 4 members (excludes halogenated alkanes) is 5. The summed E-state index contributed by atoms with van der Waals surface area (Å²) in [5, 5.41) is 38.0. The summed E-state index contributed by atoms with van der Waals surface area (Å²) in [7, 11) is 0. The van der Waals surface area contributed by atoms with Crippen LogP contribution in [0.5, 0.6) is 0 Å². The molecule has 0 bridgehead atoms. The molecule has 1 heterocycles. The summed E-state index contributed by atoms with van der Waals surface area (Å²) in [5.74, 6) is 0. The van der Waals surface area contributed by atoms with Crippen LogP contribution in [0.25, 0.3) is 0 Å². The van der Waals surface area contributed by atoms with E-state index < -0.39 is 37.3 Å². The third-order valence-electron chi connectivity index (χ3n) is 3.63. The molecule has 0 saturated carbocycles. The van der Waals surface area contributed by atoms with Crippen LogP contribution in [0.3, 0.4) is 0 Å². The minimum Gasteiger partial charge on any atom is -0.412 e. The number of ether oxygens (including phenoxy) is 2. The van der Waals surface area contributed by atoms with Crippen molar-refractivity contribution in [2.24, 2.45) is 0 Å². The van der Waals surface area contributed by atoms with Gasteiger partial charge in [-0.15, -0.1) is 0 Å². The standard InChI is InChI=1S/C14H28O6.H2O/c1-2-3-4-5-6-7-8-19-14-13(18)12(17)11(16)10(9-15)20-14;/h10-18H,2-9H2,1H3;1H2/t10-,11-,12+,13-,14-;/m1./s1. The van der Waals surface area contributed by atoms with E-state index in [2.05, 4.69) is 6.92 Å². The van der Waals surface area contributed by atoms with Crippen molar-refractivity contribution in [3.8, 4) is 0 Å². The van der Waals surface area contributed by atoms with Crippen molar-refractivity contribution in [3.05, 3.63) is 0 Å². The molecule has 6 N–H and O–H groups in total. The molecule has 0 spiro atoms. The molecule has 0 amide bonds. The highest BCUT2D eigenvalue weighted by Crippen LogP contribution is 2.22. The Morgan fingerprint density at radius 2 is 1.52 bits per heavy atom. The van der Waals surface area contributed by atoms with Gasteiger partial charge in [-0.1, -0.05) is 39.0 Å². The summed E-state index contributed by atoms with van der Waals surface area (Å²) in [6, 6.07) is 0. The second-order valence-corrected chi connectivity index (χ2v) is 5.34. The van der Waals surface area contributed by atoms with Gasteiger partial charge in [0.05, 0.1) is 6.61 Å². The number of aliphatic hydroxyl groups is 4. The van der Waals surface area contributed by atoms with Gasteiger partial charge < -0.3 is 35.4 Å². The van der Waals surface area contributed by atoms with Crippen LogP contribution in [0.1, 0.15) is 45.4 Å². The van der Waals surface area contributed by atoms with Crippen molar-refractivity contribution >= 4 is 0 Å². The van der Waals surface area contributed by atoms with Crippen LogP contribution >= 0.6 is 0 Å². The zero-order chi connectivity index (χ0) is 15.0. The minimum atomic E-state index is -1.37. The molecule has 7 nitrogen and oxygen atoms in total. The average molecular weight is 310 g/mol. The Balaban J connectivity index is 0.00000400. The third kappa shape index (κ3) is 6.56. The summed E-state index contributed by atoms with van der Waals surface area (Å²) in [6.07, 6.45) is 0.851. The largest absolute Gasteiger partial charge is 0.412 e. The SMILES string of the molecule is CCCCCCCCO[C@@H]1O[C@H](CO)[C@@H](O)[C@H](O)[C@H]1O.O. The summed E-state index contributed by atoms with van der Waals surface area (Å²) < 4.78 is 10.6. The molecule has 1 rings (SSSR count).